The largest absolute Gasteiger partial charge is 0.376 e. The van der Waals surface area contributed by atoms with Crippen LogP contribution in [0.3, 0.4) is 0 Å². The molecule has 1 aromatic rings. The second-order valence-electron chi connectivity index (χ2n) is 5.82. The lowest BCUT2D eigenvalue weighted by Gasteiger charge is -2.13. The fourth-order valence-corrected chi connectivity index (χ4v) is 2.36. The van der Waals surface area contributed by atoms with Crippen molar-refractivity contribution in [3.63, 3.8) is 0 Å². The number of aryl methyl sites for hydroxylation is 1. The fourth-order valence-electron chi connectivity index (χ4n) is 2.36. The fraction of sp³-hybridized carbons (Fsp3) is 0.733. The predicted molar refractivity (Wildman–Crippen MR) is 85.9 cm³/mol. The zero-order chi connectivity index (χ0) is 15.1. The van der Waals surface area contributed by atoms with Gasteiger partial charge in [0.15, 0.2) is 0 Å². The molecule has 6 nitrogen and oxygen atoms in total. The number of nitrogens with zero attached hydrogens (tertiary/aromatic N) is 3. The van der Waals surface area contributed by atoms with Crippen LogP contribution in [0.4, 0.5) is 11.8 Å². The first-order valence-corrected chi connectivity index (χ1v) is 7.73. The highest BCUT2D eigenvalue weighted by Gasteiger charge is 2.15. The van der Waals surface area contributed by atoms with Gasteiger partial charge in [-0.15, -0.1) is 0 Å². The molecule has 21 heavy (non-hydrogen) atoms. The van der Waals surface area contributed by atoms with Gasteiger partial charge in [0.25, 0.3) is 0 Å². The molecule has 6 heteroatoms. The number of ether oxygens (including phenoxy) is 1. The maximum absolute atomic E-state index is 5.60. The minimum absolute atomic E-state index is 0.297. The molecule has 2 N–H and O–H groups in total. The zero-order valence-corrected chi connectivity index (χ0v) is 13.4. The molecule has 0 aromatic carbocycles. The predicted octanol–water partition coefficient (Wildman–Crippen LogP) is 1.74. The number of hydrogen-bond donors (Lipinski definition) is 2. The van der Waals surface area contributed by atoms with Gasteiger partial charge >= 0.3 is 0 Å². The Balaban J connectivity index is 1.81. The third-order valence-electron chi connectivity index (χ3n) is 3.45. The molecular weight excluding hydrogens is 266 g/mol. The van der Waals surface area contributed by atoms with Crippen LogP contribution >= 0.6 is 0 Å². The normalized spacial score (nSPS) is 18.2. The first kappa shape index (κ1) is 16.0. The topological polar surface area (TPSA) is 62.3 Å². The van der Waals surface area contributed by atoms with Crippen LogP contribution in [0.25, 0.3) is 0 Å². The summed E-state index contributed by atoms with van der Waals surface area (Å²) in [5.41, 5.74) is 0.968. The van der Waals surface area contributed by atoms with Crippen molar-refractivity contribution in [2.24, 2.45) is 0 Å². The van der Waals surface area contributed by atoms with E-state index in [9.17, 15) is 0 Å². The molecule has 1 atom stereocenters. The molecule has 2 rings (SSSR count). The van der Waals surface area contributed by atoms with E-state index in [1.807, 2.05) is 13.0 Å². The van der Waals surface area contributed by atoms with Crippen molar-refractivity contribution >= 4 is 11.8 Å². The molecule has 0 radical (unpaired) electrons. The smallest absolute Gasteiger partial charge is 0.224 e. The van der Waals surface area contributed by atoms with Crippen LogP contribution in [0.15, 0.2) is 6.07 Å². The second-order valence-corrected chi connectivity index (χ2v) is 5.82. The lowest BCUT2D eigenvalue weighted by atomic mass is 10.2. The molecule has 0 spiro atoms. The van der Waals surface area contributed by atoms with Crippen LogP contribution in [0, 0.1) is 6.92 Å². The summed E-state index contributed by atoms with van der Waals surface area (Å²) >= 11 is 0. The first-order chi connectivity index (χ1) is 10.1. The number of anilines is 2. The second kappa shape index (κ2) is 8.14. The number of hydrogen-bond acceptors (Lipinski definition) is 6. The van der Waals surface area contributed by atoms with Gasteiger partial charge in [-0.05, 0) is 46.8 Å². The van der Waals surface area contributed by atoms with Gasteiger partial charge in [-0.3, -0.25) is 0 Å². The molecule has 0 saturated carbocycles. The van der Waals surface area contributed by atoms with E-state index in [0.717, 1.165) is 57.0 Å². The van der Waals surface area contributed by atoms with Crippen molar-refractivity contribution in [1.29, 1.82) is 0 Å². The van der Waals surface area contributed by atoms with Crippen molar-refractivity contribution < 1.29 is 4.74 Å². The average Bonchev–Trinajstić information content (AvgIpc) is 2.94. The highest BCUT2D eigenvalue weighted by Crippen LogP contribution is 2.14. The van der Waals surface area contributed by atoms with E-state index in [1.54, 1.807) is 0 Å². The Hall–Kier alpha value is -1.40. The van der Waals surface area contributed by atoms with Gasteiger partial charge in [0.2, 0.25) is 5.95 Å². The Morgan fingerprint density at radius 3 is 2.90 bits per heavy atom. The summed E-state index contributed by atoms with van der Waals surface area (Å²) in [7, 11) is 4.17. The molecule has 1 unspecified atom stereocenters. The summed E-state index contributed by atoms with van der Waals surface area (Å²) in [5.74, 6) is 1.57. The lowest BCUT2D eigenvalue weighted by molar-refractivity contribution is 0.120. The van der Waals surface area contributed by atoms with Gasteiger partial charge in [-0.1, -0.05) is 0 Å². The Bertz CT molecular complexity index is 432. The van der Waals surface area contributed by atoms with Gasteiger partial charge < -0.3 is 20.3 Å². The van der Waals surface area contributed by atoms with Crippen LogP contribution in [-0.4, -0.2) is 61.3 Å². The molecule has 118 valence electrons. The van der Waals surface area contributed by atoms with Crippen LogP contribution in [0.1, 0.15) is 25.0 Å². The highest BCUT2D eigenvalue weighted by atomic mass is 16.5. The van der Waals surface area contributed by atoms with Crippen molar-refractivity contribution in [3.8, 4) is 0 Å². The van der Waals surface area contributed by atoms with Crippen LogP contribution in [0.5, 0.6) is 0 Å². The van der Waals surface area contributed by atoms with E-state index in [0.29, 0.717) is 12.1 Å². The standard InChI is InChI=1S/C15H27N5O/c1-12-10-14(16-7-5-8-20(2)3)19-15(18-12)17-11-13-6-4-9-21-13/h10,13H,4-9,11H2,1-3H3,(H2,16,17,18,19). The quantitative estimate of drug-likeness (QED) is 0.712. The summed E-state index contributed by atoms with van der Waals surface area (Å²) in [5, 5.41) is 6.64. The molecule has 0 bridgehead atoms. The Labute approximate surface area is 127 Å². The third kappa shape index (κ3) is 5.85. The Morgan fingerprint density at radius 2 is 2.19 bits per heavy atom. The summed E-state index contributed by atoms with van der Waals surface area (Å²) < 4.78 is 5.60. The SMILES string of the molecule is Cc1cc(NCCCN(C)C)nc(NCC2CCCO2)n1. The molecular formula is C15H27N5O. The van der Waals surface area contributed by atoms with Crippen molar-refractivity contribution in [1.82, 2.24) is 14.9 Å². The van der Waals surface area contributed by atoms with Gasteiger partial charge in [-0.25, -0.2) is 4.98 Å². The van der Waals surface area contributed by atoms with E-state index >= 15 is 0 Å². The molecule has 2 heterocycles. The molecule has 1 fully saturated rings. The van der Waals surface area contributed by atoms with Crippen molar-refractivity contribution in [2.75, 3.05) is 51.0 Å². The van der Waals surface area contributed by atoms with E-state index in [-0.39, 0.29) is 0 Å². The highest BCUT2D eigenvalue weighted by molar-refractivity contribution is 5.42. The number of nitrogens with one attached hydrogen (secondary N) is 2. The van der Waals surface area contributed by atoms with Gasteiger partial charge in [-0.2, -0.15) is 4.98 Å². The average molecular weight is 293 g/mol. The van der Waals surface area contributed by atoms with E-state index in [2.05, 4.69) is 39.6 Å². The van der Waals surface area contributed by atoms with Crippen LogP contribution < -0.4 is 10.6 Å². The van der Waals surface area contributed by atoms with Gasteiger partial charge in [0, 0.05) is 31.5 Å². The van der Waals surface area contributed by atoms with E-state index in [4.69, 9.17) is 4.74 Å². The monoisotopic (exact) mass is 293 g/mol. The van der Waals surface area contributed by atoms with Crippen molar-refractivity contribution in [3.05, 3.63) is 11.8 Å². The minimum atomic E-state index is 0.297. The maximum atomic E-state index is 5.60. The first-order valence-electron chi connectivity index (χ1n) is 7.73. The lowest BCUT2D eigenvalue weighted by Crippen LogP contribution is -2.20. The van der Waals surface area contributed by atoms with Gasteiger partial charge in [0.1, 0.15) is 5.82 Å². The van der Waals surface area contributed by atoms with Crippen LogP contribution in [0.2, 0.25) is 0 Å². The summed E-state index contributed by atoms with van der Waals surface area (Å²) in [6.07, 6.45) is 3.66. The molecule has 0 aliphatic carbocycles. The minimum Gasteiger partial charge on any atom is -0.376 e. The Kier molecular flexibility index (Phi) is 6.20. The molecule has 1 aliphatic rings. The molecule has 0 amide bonds. The summed E-state index contributed by atoms with van der Waals surface area (Å²) in [6, 6.07) is 1.98. The van der Waals surface area contributed by atoms with Crippen LogP contribution in [-0.2, 0) is 4.74 Å². The maximum Gasteiger partial charge on any atom is 0.224 e. The number of aromatic nitrogens is 2. The number of rotatable bonds is 8. The molecule has 1 saturated heterocycles. The van der Waals surface area contributed by atoms with Crippen molar-refractivity contribution in [2.45, 2.75) is 32.3 Å². The molecule has 1 aliphatic heterocycles. The third-order valence-corrected chi connectivity index (χ3v) is 3.45. The van der Waals surface area contributed by atoms with Gasteiger partial charge in [0.05, 0.1) is 6.10 Å². The van der Waals surface area contributed by atoms with E-state index in [1.165, 1.54) is 0 Å². The summed E-state index contributed by atoms with van der Waals surface area (Å²) in [4.78, 5) is 11.1. The molecule has 1 aromatic heterocycles. The summed E-state index contributed by atoms with van der Waals surface area (Å²) in [6.45, 7) is 5.63. The van der Waals surface area contributed by atoms with E-state index < -0.39 is 0 Å². The zero-order valence-electron chi connectivity index (χ0n) is 13.4. The Morgan fingerprint density at radius 1 is 1.33 bits per heavy atom.